The molecule has 0 radical (unpaired) electrons. The Morgan fingerprint density at radius 1 is 1.11 bits per heavy atom. The van der Waals surface area contributed by atoms with E-state index in [-0.39, 0.29) is 0 Å². The van der Waals surface area contributed by atoms with Gasteiger partial charge in [-0.05, 0) is 24.6 Å². The van der Waals surface area contributed by atoms with Crippen LogP contribution in [0.1, 0.15) is 5.56 Å². The second-order valence-corrected chi connectivity index (χ2v) is 4.57. The van der Waals surface area contributed by atoms with Gasteiger partial charge >= 0.3 is 0 Å². The van der Waals surface area contributed by atoms with Crippen molar-refractivity contribution in [1.82, 2.24) is 4.98 Å². The lowest BCUT2D eigenvalue weighted by Gasteiger charge is -2.04. The van der Waals surface area contributed by atoms with Crippen molar-refractivity contribution in [3.8, 4) is 22.7 Å². The first-order valence-electron chi connectivity index (χ1n) is 6.21. The maximum atomic E-state index is 5.32. The first-order chi connectivity index (χ1) is 9.25. The van der Waals surface area contributed by atoms with Gasteiger partial charge in [0.15, 0.2) is 6.20 Å². The Morgan fingerprint density at radius 3 is 2.63 bits per heavy atom. The molecule has 3 nitrogen and oxygen atoms in total. The first kappa shape index (κ1) is 11.7. The van der Waals surface area contributed by atoms with Gasteiger partial charge in [0.1, 0.15) is 18.9 Å². The molecule has 19 heavy (non-hydrogen) atoms. The Hall–Kier alpha value is -2.42. The van der Waals surface area contributed by atoms with Crippen LogP contribution in [0, 0.1) is 6.92 Å². The highest BCUT2D eigenvalue weighted by Crippen LogP contribution is 2.22. The molecule has 0 spiro atoms. The number of rotatable bonds is 2. The van der Waals surface area contributed by atoms with Gasteiger partial charge in [0.2, 0.25) is 11.6 Å². The molecule has 1 aromatic carbocycles. The van der Waals surface area contributed by atoms with Crippen LogP contribution in [0.2, 0.25) is 0 Å². The number of hydrogen-bond acceptors (Lipinski definition) is 2. The summed E-state index contributed by atoms with van der Waals surface area (Å²) in [6.45, 7) is 2.12. The van der Waals surface area contributed by atoms with Crippen LogP contribution in [-0.2, 0) is 7.05 Å². The van der Waals surface area contributed by atoms with E-state index in [2.05, 4.69) is 46.8 Å². The van der Waals surface area contributed by atoms with Crippen LogP contribution in [0.4, 0.5) is 0 Å². The SMILES string of the molecule is Cc1ccccc1-c1ccc(-c2ncco2)c[n+]1C. The third-order valence-corrected chi connectivity index (χ3v) is 3.23. The minimum atomic E-state index is 0.645. The molecule has 0 unspecified atom stereocenters. The number of oxazole rings is 1. The van der Waals surface area contributed by atoms with Crippen molar-refractivity contribution in [3.05, 3.63) is 60.6 Å². The van der Waals surface area contributed by atoms with Gasteiger partial charge in [0.05, 0.1) is 6.20 Å². The van der Waals surface area contributed by atoms with Crippen LogP contribution in [0.25, 0.3) is 22.7 Å². The molecule has 0 atom stereocenters. The summed E-state index contributed by atoms with van der Waals surface area (Å²) >= 11 is 0. The van der Waals surface area contributed by atoms with Crippen LogP contribution in [0.5, 0.6) is 0 Å². The maximum absolute atomic E-state index is 5.32. The normalized spacial score (nSPS) is 10.6. The van der Waals surface area contributed by atoms with Crippen LogP contribution in [0.3, 0.4) is 0 Å². The van der Waals surface area contributed by atoms with E-state index in [9.17, 15) is 0 Å². The summed E-state index contributed by atoms with van der Waals surface area (Å²) in [6, 6.07) is 12.5. The molecule has 94 valence electrons. The highest BCUT2D eigenvalue weighted by molar-refractivity contribution is 5.62. The molecule has 0 bridgehead atoms. The van der Waals surface area contributed by atoms with E-state index in [1.807, 2.05) is 19.3 Å². The zero-order valence-corrected chi connectivity index (χ0v) is 11.0. The lowest BCUT2D eigenvalue weighted by molar-refractivity contribution is -0.659. The van der Waals surface area contributed by atoms with Gasteiger partial charge < -0.3 is 4.42 Å². The smallest absolute Gasteiger partial charge is 0.231 e. The number of aromatic nitrogens is 2. The number of nitrogens with zero attached hydrogens (tertiary/aromatic N) is 2. The monoisotopic (exact) mass is 251 g/mol. The highest BCUT2D eigenvalue weighted by atomic mass is 16.3. The van der Waals surface area contributed by atoms with E-state index in [1.165, 1.54) is 16.8 Å². The molecule has 3 aromatic rings. The van der Waals surface area contributed by atoms with Crippen molar-refractivity contribution in [3.63, 3.8) is 0 Å². The van der Waals surface area contributed by atoms with Gasteiger partial charge in [-0.3, -0.25) is 0 Å². The fraction of sp³-hybridized carbons (Fsp3) is 0.125. The highest BCUT2D eigenvalue weighted by Gasteiger charge is 2.14. The molecule has 0 amide bonds. The van der Waals surface area contributed by atoms with Crippen molar-refractivity contribution in [2.24, 2.45) is 7.05 Å². The van der Waals surface area contributed by atoms with Crippen molar-refractivity contribution >= 4 is 0 Å². The number of pyridine rings is 1. The van der Waals surface area contributed by atoms with E-state index in [0.29, 0.717) is 5.89 Å². The summed E-state index contributed by atoms with van der Waals surface area (Å²) in [5.74, 6) is 0.645. The Morgan fingerprint density at radius 2 is 1.95 bits per heavy atom. The van der Waals surface area contributed by atoms with E-state index in [1.54, 1.807) is 12.5 Å². The van der Waals surface area contributed by atoms with Crippen molar-refractivity contribution < 1.29 is 8.98 Å². The van der Waals surface area contributed by atoms with Gasteiger partial charge in [-0.25, -0.2) is 9.55 Å². The van der Waals surface area contributed by atoms with Crippen molar-refractivity contribution in [2.45, 2.75) is 6.92 Å². The van der Waals surface area contributed by atoms with Gasteiger partial charge in [-0.2, -0.15) is 0 Å². The number of hydrogen-bond donors (Lipinski definition) is 0. The molecule has 0 saturated carbocycles. The standard InChI is InChI=1S/C16H15N2O/c1-12-5-3-4-6-14(12)15-8-7-13(11-18(15)2)16-17-9-10-19-16/h3-11H,1-2H3/q+1. The molecule has 2 heterocycles. The Kier molecular flexibility index (Phi) is 2.88. The summed E-state index contributed by atoms with van der Waals surface area (Å²) in [5.41, 5.74) is 4.66. The first-order valence-corrected chi connectivity index (χ1v) is 6.21. The van der Waals surface area contributed by atoms with E-state index in [0.717, 1.165) is 5.56 Å². The van der Waals surface area contributed by atoms with E-state index in [4.69, 9.17) is 4.42 Å². The van der Waals surface area contributed by atoms with E-state index < -0.39 is 0 Å². The number of benzene rings is 1. The van der Waals surface area contributed by atoms with Crippen LogP contribution in [0.15, 0.2) is 59.5 Å². The molecule has 0 N–H and O–H groups in total. The minimum Gasteiger partial charge on any atom is -0.444 e. The fourth-order valence-corrected chi connectivity index (χ4v) is 2.24. The molecule has 0 aliphatic carbocycles. The molecule has 0 saturated heterocycles. The molecule has 3 heteroatoms. The molecular weight excluding hydrogens is 236 g/mol. The zero-order valence-electron chi connectivity index (χ0n) is 11.0. The second kappa shape index (κ2) is 4.69. The summed E-state index contributed by atoms with van der Waals surface area (Å²) < 4.78 is 7.42. The minimum absolute atomic E-state index is 0.645. The number of aryl methyl sites for hydroxylation is 2. The van der Waals surface area contributed by atoms with Gasteiger partial charge in [-0.15, -0.1) is 0 Å². The largest absolute Gasteiger partial charge is 0.444 e. The lowest BCUT2D eigenvalue weighted by Crippen LogP contribution is -2.30. The molecular formula is C16H15N2O+. The second-order valence-electron chi connectivity index (χ2n) is 4.57. The third kappa shape index (κ3) is 2.15. The van der Waals surface area contributed by atoms with Crippen molar-refractivity contribution in [1.29, 1.82) is 0 Å². The summed E-state index contributed by atoms with van der Waals surface area (Å²) in [4.78, 5) is 4.17. The zero-order chi connectivity index (χ0) is 13.2. The van der Waals surface area contributed by atoms with E-state index >= 15 is 0 Å². The Bertz CT molecular complexity index is 703. The van der Waals surface area contributed by atoms with Crippen LogP contribution in [-0.4, -0.2) is 4.98 Å². The maximum Gasteiger partial charge on any atom is 0.231 e. The summed E-state index contributed by atoms with van der Waals surface area (Å²) in [6.07, 6.45) is 5.28. The van der Waals surface area contributed by atoms with Crippen LogP contribution < -0.4 is 4.57 Å². The van der Waals surface area contributed by atoms with Crippen molar-refractivity contribution in [2.75, 3.05) is 0 Å². The fourth-order valence-electron chi connectivity index (χ4n) is 2.24. The average Bonchev–Trinajstić information content (AvgIpc) is 2.94. The summed E-state index contributed by atoms with van der Waals surface area (Å²) in [5, 5.41) is 0. The van der Waals surface area contributed by atoms with Gasteiger partial charge in [0, 0.05) is 11.6 Å². The topological polar surface area (TPSA) is 29.9 Å². The predicted molar refractivity (Wildman–Crippen MR) is 73.3 cm³/mol. The molecule has 0 aliphatic heterocycles. The van der Waals surface area contributed by atoms with Crippen LogP contribution >= 0.6 is 0 Å². The molecule has 3 rings (SSSR count). The molecule has 0 fully saturated rings. The molecule has 0 aliphatic rings. The predicted octanol–water partition coefficient (Wildman–Crippen LogP) is 3.14. The quantitative estimate of drug-likeness (QED) is 0.655. The Balaban J connectivity index is 2.08. The van der Waals surface area contributed by atoms with Gasteiger partial charge in [-0.1, -0.05) is 18.2 Å². The average molecular weight is 251 g/mol. The lowest BCUT2D eigenvalue weighted by atomic mass is 10.0. The third-order valence-electron chi connectivity index (χ3n) is 3.23. The summed E-state index contributed by atoms with van der Waals surface area (Å²) in [7, 11) is 2.04. The Labute approximate surface area is 112 Å². The molecule has 2 aromatic heterocycles. The van der Waals surface area contributed by atoms with Gasteiger partial charge in [0.25, 0.3) is 0 Å².